The predicted octanol–water partition coefficient (Wildman–Crippen LogP) is 4.19. The van der Waals surface area contributed by atoms with E-state index in [4.69, 9.17) is 16.3 Å². The van der Waals surface area contributed by atoms with Crippen LogP contribution in [0.15, 0.2) is 42.5 Å². The number of nitrogens with one attached hydrogen (secondary N) is 1. The number of carbonyl (C=O) groups is 1. The summed E-state index contributed by atoms with van der Waals surface area (Å²) in [5.74, 6) is -0.175. The maximum Gasteiger partial charge on any atom is 0.265 e. The van der Waals surface area contributed by atoms with E-state index in [2.05, 4.69) is 5.32 Å². The van der Waals surface area contributed by atoms with Gasteiger partial charge in [0, 0.05) is 10.7 Å². The minimum absolute atomic E-state index is 0.352. The Morgan fingerprint density at radius 3 is 2.71 bits per heavy atom. The summed E-state index contributed by atoms with van der Waals surface area (Å²) >= 11 is 5.87. The minimum atomic E-state index is -0.715. The number of ether oxygens (including phenoxy) is 1. The summed E-state index contributed by atoms with van der Waals surface area (Å²) in [6.45, 7) is 3.47. The van der Waals surface area contributed by atoms with Gasteiger partial charge in [0.25, 0.3) is 5.91 Å². The van der Waals surface area contributed by atoms with Gasteiger partial charge < -0.3 is 10.1 Å². The summed E-state index contributed by atoms with van der Waals surface area (Å²) in [5.41, 5.74) is 1.23. The molecule has 2 aromatic rings. The summed E-state index contributed by atoms with van der Waals surface area (Å²) in [7, 11) is 0. The van der Waals surface area contributed by atoms with E-state index in [0.29, 0.717) is 16.5 Å². The van der Waals surface area contributed by atoms with Gasteiger partial charge in [-0.2, -0.15) is 0 Å². The molecule has 0 spiro atoms. The molecular weight excluding hydrogens is 293 g/mol. The van der Waals surface area contributed by atoms with Gasteiger partial charge in [0.15, 0.2) is 6.10 Å². The molecule has 0 aliphatic carbocycles. The summed E-state index contributed by atoms with van der Waals surface area (Å²) in [6.07, 6.45) is -0.715. The number of benzene rings is 2. The summed E-state index contributed by atoms with van der Waals surface area (Å²) in [5, 5.41) is 3.21. The van der Waals surface area contributed by atoms with Crippen LogP contribution >= 0.6 is 11.6 Å². The second-order valence-corrected chi connectivity index (χ2v) is 5.11. The number of halogens is 2. The van der Waals surface area contributed by atoms with Gasteiger partial charge in [0.1, 0.15) is 11.6 Å². The molecule has 0 aromatic heterocycles. The van der Waals surface area contributed by atoms with Crippen molar-refractivity contribution in [2.45, 2.75) is 20.0 Å². The Balaban J connectivity index is 2.02. The van der Waals surface area contributed by atoms with Gasteiger partial charge in [-0.05, 0) is 55.8 Å². The fourth-order valence-corrected chi connectivity index (χ4v) is 2.03. The van der Waals surface area contributed by atoms with Crippen LogP contribution in [0.3, 0.4) is 0 Å². The zero-order valence-corrected chi connectivity index (χ0v) is 12.4. The Hall–Kier alpha value is -2.07. The number of hydrogen-bond donors (Lipinski definition) is 1. The molecule has 0 aliphatic rings. The first kappa shape index (κ1) is 15.3. The van der Waals surface area contributed by atoms with E-state index in [1.54, 1.807) is 31.2 Å². The van der Waals surface area contributed by atoms with Crippen LogP contribution < -0.4 is 10.1 Å². The summed E-state index contributed by atoms with van der Waals surface area (Å²) in [6, 6.07) is 10.9. The molecule has 5 heteroatoms. The molecule has 0 aliphatic heterocycles. The van der Waals surface area contributed by atoms with Crippen LogP contribution in [0.25, 0.3) is 0 Å². The second kappa shape index (κ2) is 6.59. The SMILES string of the molecule is Cc1cc(Cl)ccc1OC(C)C(=O)Nc1cccc(F)c1. The molecule has 2 aromatic carbocycles. The second-order valence-electron chi connectivity index (χ2n) is 4.67. The maximum absolute atomic E-state index is 13.1. The van der Waals surface area contributed by atoms with Gasteiger partial charge in [0.2, 0.25) is 0 Å². The molecule has 1 unspecified atom stereocenters. The van der Waals surface area contributed by atoms with Crippen LogP contribution in [0.1, 0.15) is 12.5 Å². The van der Waals surface area contributed by atoms with E-state index in [-0.39, 0.29) is 5.91 Å². The number of amides is 1. The van der Waals surface area contributed by atoms with Crippen molar-refractivity contribution in [1.29, 1.82) is 0 Å². The third kappa shape index (κ3) is 4.20. The van der Waals surface area contributed by atoms with Crippen molar-refractivity contribution >= 4 is 23.2 Å². The van der Waals surface area contributed by atoms with Crippen molar-refractivity contribution in [1.82, 2.24) is 0 Å². The van der Waals surface area contributed by atoms with Crippen molar-refractivity contribution in [2.24, 2.45) is 0 Å². The van der Waals surface area contributed by atoms with Crippen molar-refractivity contribution in [2.75, 3.05) is 5.32 Å². The molecule has 21 heavy (non-hydrogen) atoms. The fraction of sp³-hybridized carbons (Fsp3) is 0.188. The number of rotatable bonds is 4. The topological polar surface area (TPSA) is 38.3 Å². The van der Waals surface area contributed by atoms with Crippen LogP contribution in [-0.4, -0.2) is 12.0 Å². The quantitative estimate of drug-likeness (QED) is 0.919. The molecule has 1 amide bonds. The van der Waals surface area contributed by atoms with Gasteiger partial charge in [0.05, 0.1) is 0 Å². The first-order valence-electron chi connectivity index (χ1n) is 6.45. The molecule has 110 valence electrons. The van der Waals surface area contributed by atoms with E-state index in [1.807, 2.05) is 6.92 Å². The normalized spacial score (nSPS) is 11.8. The van der Waals surface area contributed by atoms with Crippen molar-refractivity contribution in [3.05, 3.63) is 58.9 Å². The Labute approximate surface area is 127 Å². The highest BCUT2D eigenvalue weighted by atomic mass is 35.5. The van der Waals surface area contributed by atoms with Gasteiger partial charge in [-0.3, -0.25) is 4.79 Å². The molecule has 1 N–H and O–H groups in total. The van der Waals surface area contributed by atoms with Crippen LogP contribution in [0.5, 0.6) is 5.75 Å². The summed E-state index contributed by atoms with van der Waals surface area (Å²) in [4.78, 5) is 12.0. The van der Waals surface area contributed by atoms with Gasteiger partial charge in [-0.1, -0.05) is 17.7 Å². The van der Waals surface area contributed by atoms with E-state index in [1.165, 1.54) is 18.2 Å². The standard InChI is InChI=1S/C16H15ClFNO2/c1-10-8-12(17)6-7-15(10)21-11(2)16(20)19-14-5-3-4-13(18)9-14/h3-9,11H,1-2H3,(H,19,20). The van der Waals surface area contributed by atoms with E-state index in [0.717, 1.165) is 5.56 Å². The lowest BCUT2D eigenvalue weighted by Crippen LogP contribution is -2.30. The van der Waals surface area contributed by atoms with Crippen LogP contribution in [-0.2, 0) is 4.79 Å². The maximum atomic E-state index is 13.1. The predicted molar refractivity (Wildman–Crippen MR) is 81.3 cm³/mol. The zero-order chi connectivity index (χ0) is 15.4. The van der Waals surface area contributed by atoms with Crippen LogP contribution in [0.2, 0.25) is 5.02 Å². The molecule has 0 radical (unpaired) electrons. The molecule has 0 saturated carbocycles. The first-order chi connectivity index (χ1) is 9.95. The van der Waals surface area contributed by atoms with Crippen molar-refractivity contribution in [3.8, 4) is 5.75 Å². The van der Waals surface area contributed by atoms with Gasteiger partial charge >= 0.3 is 0 Å². The fourth-order valence-electron chi connectivity index (χ4n) is 1.80. The highest BCUT2D eigenvalue weighted by molar-refractivity contribution is 6.30. The Kier molecular flexibility index (Phi) is 4.81. The van der Waals surface area contributed by atoms with E-state index in [9.17, 15) is 9.18 Å². The smallest absolute Gasteiger partial charge is 0.265 e. The van der Waals surface area contributed by atoms with Gasteiger partial charge in [-0.25, -0.2) is 4.39 Å². The molecule has 0 bridgehead atoms. The monoisotopic (exact) mass is 307 g/mol. The molecular formula is C16H15ClFNO2. The minimum Gasteiger partial charge on any atom is -0.481 e. The molecule has 0 saturated heterocycles. The van der Waals surface area contributed by atoms with E-state index >= 15 is 0 Å². The number of carbonyl (C=O) groups excluding carboxylic acids is 1. The van der Waals surface area contributed by atoms with Gasteiger partial charge in [-0.15, -0.1) is 0 Å². The van der Waals surface area contributed by atoms with E-state index < -0.39 is 11.9 Å². The lowest BCUT2D eigenvalue weighted by atomic mass is 10.2. The Morgan fingerprint density at radius 1 is 1.29 bits per heavy atom. The average Bonchev–Trinajstić information content (AvgIpc) is 2.41. The third-order valence-corrected chi connectivity index (χ3v) is 3.14. The number of hydrogen-bond acceptors (Lipinski definition) is 2. The first-order valence-corrected chi connectivity index (χ1v) is 6.83. The molecule has 1 atom stereocenters. The average molecular weight is 308 g/mol. The molecule has 0 fully saturated rings. The Bertz CT molecular complexity index is 660. The molecule has 2 rings (SSSR count). The molecule has 0 heterocycles. The highest BCUT2D eigenvalue weighted by Crippen LogP contribution is 2.23. The lowest BCUT2D eigenvalue weighted by molar-refractivity contribution is -0.122. The van der Waals surface area contributed by atoms with Crippen LogP contribution in [0.4, 0.5) is 10.1 Å². The molecule has 3 nitrogen and oxygen atoms in total. The number of aryl methyl sites for hydroxylation is 1. The number of anilines is 1. The zero-order valence-electron chi connectivity index (χ0n) is 11.7. The van der Waals surface area contributed by atoms with Crippen molar-refractivity contribution < 1.29 is 13.9 Å². The lowest BCUT2D eigenvalue weighted by Gasteiger charge is -2.16. The third-order valence-electron chi connectivity index (χ3n) is 2.90. The van der Waals surface area contributed by atoms with Crippen LogP contribution in [0, 0.1) is 12.7 Å². The largest absolute Gasteiger partial charge is 0.481 e. The highest BCUT2D eigenvalue weighted by Gasteiger charge is 2.16. The summed E-state index contributed by atoms with van der Waals surface area (Å²) < 4.78 is 18.7. The van der Waals surface area contributed by atoms with Crippen molar-refractivity contribution in [3.63, 3.8) is 0 Å². The Morgan fingerprint density at radius 2 is 2.05 bits per heavy atom.